The molecule has 0 unspecified atom stereocenters. The van der Waals surface area contributed by atoms with E-state index in [2.05, 4.69) is 6.92 Å². The van der Waals surface area contributed by atoms with Crippen molar-refractivity contribution in [2.75, 3.05) is 24.9 Å². The number of likely N-dealkylation sites (tertiary alicyclic amines) is 1. The Hall–Kier alpha value is -2.68. The van der Waals surface area contributed by atoms with Crippen molar-refractivity contribution in [1.82, 2.24) is 4.90 Å². The molecule has 0 atom stereocenters. The molecule has 0 bridgehead atoms. The zero-order valence-corrected chi connectivity index (χ0v) is 16.9. The monoisotopic (exact) mass is 424 g/mol. The Balaban J connectivity index is 1.94. The van der Waals surface area contributed by atoms with Crippen molar-refractivity contribution in [3.8, 4) is 5.75 Å². The van der Waals surface area contributed by atoms with Gasteiger partial charge >= 0.3 is 0 Å². The molecule has 1 heterocycles. The number of nitrogens with zero attached hydrogens (tertiary/aromatic N) is 1. The third-order valence-electron chi connectivity index (χ3n) is 4.98. The Bertz CT molecular complexity index is 999. The number of hydrogen-bond donors (Lipinski definition) is 1. The SMILES string of the molecule is COc1ccc(S(=O)(=O)Nc2c(F)cccc2F)cc1C(=O)N1CCC(C)CC1. The third-order valence-corrected chi connectivity index (χ3v) is 6.33. The number of nitrogens with one attached hydrogen (secondary N) is 1. The molecule has 1 aliphatic heterocycles. The van der Waals surface area contributed by atoms with Crippen LogP contribution >= 0.6 is 0 Å². The quantitative estimate of drug-likeness (QED) is 0.795. The Labute approximate surface area is 168 Å². The lowest BCUT2D eigenvalue weighted by Crippen LogP contribution is -2.38. The van der Waals surface area contributed by atoms with Crippen LogP contribution in [0, 0.1) is 17.6 Å². The van der Waals surface area contributed by atoms with E-state index in [1.807, 2.05) is 4.72 Å². The van der Waals surface area contributed by atoms with E-state index in [1.54, 1.807) is 4.90 Å². The number of carbonyl (C=O) groups is 1. The van der Waals surface area contributed by atoms with Crippen molar-refractivity contribution in [3.63, 3.8) is 0 Å². The molecule has 0 aromatic heterocycles. The van der Waals surface area contributed by atoms with Gasteiger partial charge in [-0.3, -0.25) is 9.52 Å². The minimum absolute atomic E-state index is 0.0823. The lowest BCUT2D eigenvalue weighted by Gasteiger charge is -2.30. The van der Waals surface area contributed by atoms with E-state index < -0.39 is 27.3 Å². The molecule has 1 amide bonds. The number of ether oxygens (including phenoxy) is 1. The molecule has 29 heavy (non-hydrogen) atoms. The molecule has 3 rings (SSSR count). The first kappa shape index (κ1) is 21.0. The predicted octanol–water partition coefficient (Wildman–Crippen LogP) is 3.65. The van der Waals surface area contributed by atoms with Crippen molar-refractivity contribution in [2.45, 2.75) is 24.7 Å². The van der Waals surface area contributed by atoms with E-state index in [9.17, 15) is 22.0 Å². The minimum Gasteiger partial charge on any atom is -0.496 e. The molecule has 156 valence electrons. The summed E-state index contributed by atoms with van der Waals surface area (Å²) < 4.78 is 60.2. The first-order valence-electron chi connectivity index (χ1n) is 9.17. The minimum atomic E-state index is -4.34. The van der Waals surface area contributed by atoms with E-state index in [0.717, 1.165) is 31.0 Å². The second-order valence-corrected chi connectivity index (χ2v) is 8.72. The van der Waals surface area contributed by atoms with Gasteiger partial charge in [0.2, 0.25) is 0 Å². The fraction of sp³-hybridized carbons (Fsp3) is 0.350. The maximum atomic E-state index is 13.8. The normalized spacial score (nSPS) is 15.2. The number of carbonyl (C=O) groups excluding carboxylic acids is 1. The number of methoxy groups -OCH3 is 1. The number of hydrogen-bond acceptors (Lipinski definition) is 4. The second-order valence-electron chi connectivity index (χ2n) is 7.04. The highest BCUT2D eigenvalue weighted by Gasteiger charge is 2.26. The van der Waals surface area contributed by atoms with Gasteiger partial charge in [-0.1, -0.05) is 13.0 Å². The van der Waals surface area contributed by atoms with Crippen LogP contribution in [0.1, 0.15) is 30.1 Å². The first-order chi connectivity index (χ1) is 13.7. The standard InChI is InChI=1S/C20H22F2N2O4S/c1-13-8-10-24(11-9-13)20(25)15-12-14(6-7-18(15)28-2)29(26,27)23-19-16(21)4-3-5-17(19)22/h3-7,12-13,23H,8-11H2,1-2H3. The summed E-state index contributed by atoms with van der Waals surface area (Å²) in [5, 5.41) is 0. The topological polar surface area (TPSA) is 75.7 Å². The van der Waals surface area contributed by atoms with E-state index in [-0.39, 0.29) is 22.1 Å². The summed E-state index contributed by atoms with van der Waals surface area (Å²) in [4.78, 5) is 14.3. The van der Waals surface area contributed by atoms with E-state index in [1.165, 1.54) is 25.3 Å². The number of piperidine rings is 1. The average Bonchev–Trinajstić information content (AvgIpc) is 2.70. The number of anilines is 1. The van der Waals surface area contributed by atoms with E-state index in [4.69, 9.17) is 4.74 Å². The number of benzene rings is 2. The Morgan fingerprint density at radius 2 is 1.76 bits per heavy atom. The molecule has 0 spiro atoms. The van der Waals surface area contributed by atoms with Gasteiger partial charge in [-0.2, -0.15) is 0 Å². The van der Waals surface area contributed by atoms with Crippen molar-refractivity contribution in [3.05, 3.63) is 53.6 Å². The van der Waals surface area contributed by atoms with Gasteiger partial charge in [0.25, 0.3) is 15.9 Å². The van der Waals surface area contributed by atoms with Gasteiger partial charge in [-0.15, -0.1) is 0 Å². The highest BCUT2D eigenvalue weighted by molar-refractivity contribution is 7.92. The van der Waals surface area contributed by atoms with Gasteiger partial charge in [-0.05, 0) is 49.1 Å². The van der Waals surface area contributed by atoms with Gasteiger partial charge in [0.15, 0.2) is 0 Å². The predicted molar refractivity (Wildman–Crippen MR) is 104 cm³/mol. The summed E-state index contributed by atoms with van der Waals surface area (Å²) in [6.45, 7) is 3.25. The highest BCUT2D eigenvalue weighted by atomic mass is 32.2. The molecule has 1 aliphatic rings. The summed E-state index contributed by atoms with van der Waals surface area (Å²) in [5.41, 5.74) is -0.694. The van der Waals surface area contributed by atoms with Crippen molar-refractivity contribution >= 4 is 21.6 Å². The van der Waals surface area contributed by atoms with Crippen LogP contribution in [-0.4, -0.2) is 39.4 Å². The van der Waals surface area contributed by atoms with Crippen LogP contribution in [0.2, 0.25) is 0 Å². The van der Waals surface area contributed by atoms with Crippen LogP contribution in [0.4, 0.5) is 14.5 Å². The van der Waals surface area contributed by atoms with Gasteiger partial charge < -0.3 is 9.64 Å². The molecule has 9 heteroatoms. The van der Waals surface area contributed by atoms with E-state index >= 15 is 0 Å². The highest BCUT2D eigenvalue weighted by Crippen LogP contribution is 2.28. The van der Waals surface area contributed by atoms with Crippen LogP contribution in [-0.2, 0) is 10.0 Å². The molecule has 1 saturated heterocycles. The fourth-order valence-corrected chi connectivity index (χ4v) is 4.29. The number of sulfonamides is 1. The van der Waals surface area contributed by atoms with Crippen LogP contribution in [0.5, 0.6) is 5.75 Å². The fourth-order valence-electron chi connectivity index (χ4n) is 3.19. The molecule has 2 aromatic rings. The first-order valence-corrected chi connectivity index (χ1v) is 10.7. The van der Waals surface area contributed by atoms with Crippen LogP contribution < -0.4 is 9.46 Å². The number of rotatable bonds is 5. The average molecular weight is 424 g/mol. The van der Waals surface area contributed by atoms with Gasteiger partial charge in [0.1, 0.15) is 23.1 Å². The van der Waals surface area contributed by atoms with Crippen molar-refractivity contribution in [1.29, 1.82) is 0 Å². The summed E-state index contributed by atoms with van der Waals surface area (Å²) in [6.07, 6.45) is 1.72. The second kappa shape index (κ2) is 8.36. The largest absolute Gasteiger partial charge is 0.496 e. The Morgan fingerprint density at radius 3 is 2.34 bits per heavy atom. The smallest absolute Gasteiger partial charge is 0.262 e. The summed E-state index contributed by atoms with van der Waals surface area (Å²) in [6, 6.07) is 6.76. The maximum Gasteiger partial charge on any atom is 0.262 e. The lowest BCUT2D eigenvalue weighted by molar-refractivity contribution is 0.0693. The third kappa shape index (κ3) is 4.50. The van der Waals surface area contributed by atoms with Crippen LogP contribution in [0.3, 0.4) is 0 Å². The number of para-hydroxylation sites is 1. The molecule has 1 fully saturated rings. The Kier molecular flexibility index (Phi) is 6.07. The molecular formula is C20H22F2N2O4S. The molecule has 0 saturated carbocycles. The summed E-state index contributed by atoms with van der Waals surface area (Å²) >= 11 is 0. The van der Waals surface area contributed by atoms with Gasteiger partial charge in [0.05, 0.1) is 17.6 Å². The van der Waals surface area contributed by atoms with Gasteiger partial charge in [-0.25, -0.2) is 17.2 Å². The molecule has 2 aromatic carbocycles. The Morgan fingerprint density at radius 1 is 1.14 bits per heavy atom. The molecular weight excluding hydrogens is 402 g/mol. The number of amides is 1. The zero-order valence-electron chi connectivity index (χ0n) is 16.1. The van der Waals surface area contributed by atoms with Crippen LogP contribution in [0.15, 0.2) is 41.3 Å². The van der Waals surface area contributed by atoms with Crippen molar-refractivity contribution < 1.29 is 26.7 Å². The van der Waals surface area contributed by atoms with E-state index in [0.29, 0.717) is 19.0 Å². The number of halogens is 2. The zero-order chi connectivity index (χ0) is 21.2. The molecule has 6 nitrogen and oxygen atoms in total. The molecule has 1 N–H and O–H groups in total. The van der Waals surface area contributed by atoms with Crippen molar-refractivity contribution in [2.24, 2.45) is 5.92 Å². The maximum absolute atomic E-state index is 13.8. The van der Waals surface area contributed by atoms with Gasteiger partial charge in [0, 0.05) is 13.1 Å². The molecule has 0 aliphatic carbocycles. The van der Waals surface area contributed by atoms with Crippen LogP contribution in [0.25, 0.3) is 0 Å². The summed E-state index contributed by atoms with van der Waals surface area (Å²) in [5.74, 6) is -1.68. The summed E-state index contributed by atoms with van der Waals surface area (Å²) in [7, 11) is -2.95. The lowest BCUT2D eigenvalue weighted by atomic mass is 9.98. The molecule has 0 radical (unpaired) electrons.